The second-order valence-corrected chi connectivity index (χ2v) is 14.8. The Balaban J connectivity index is 0.00000400. The number of nitro benzene ring substituents is 2. The third kappa shape index (κ3) is 11.8. The zero-order valence-electron chi connectivity index (χ0n) is 29.7. The summed E-state index contributed by atoms with van der Waals surface area (Å²) in [6.07, 6.45) is 0. The number of hydrogen-bond acceptors (Lipinski definition) is 23. The average molecular weight is 901 g/mol. The number of fused-ring (bicyclic) bond motifs is 1. The van der Waals surface area contributed by atoms with E-state index in [1.807, 2.05) is 0 Å². The zero-order chi connectivity index (χ0) is 41.5. The van der Waals surface area contributed by atoms with Gasteiger partial charge in [-0.05, 0) is 35.7 Å². The van der Waals surface area contributed by atoms with Crippen LogP contribution < -0.4 is 88.7 Å². The fourth-order valence-corrected chi connectivity index (χ4v) is 6.41. The second-order valence-electron chi connectivity index (χ2n) is 10.7. The number of non-ortho nitro benzene ring substituents is 2. The zero-order valence-corrected chi connectivity index (χ0v) is 38.2. The number of aromatic hydroxyl groups is 4. The van der Waals surface area contributed by atoms with Gasteiger partial charge in [-0.1, -0.05) is 0 Å². The van der Waals surface area contributed by atoms with Gasteiger partial charge in [0.2, 0.25) is 0 Å². The molecule has 290 valence electrons. The summed E-state index contributed by atoms with van der Waals surface area (Å²) in [5, 5.41) is 84.9. The van der Waals surface area contributed by atoms with Crippen LogP contribution in [0.5, 0.6) is 23.0 Å². The van der Waals surface area contributed by atoms with Gasteiger partial charge in [0.15, 0.2) is 17.2 Å². The Hall–Kier alpha value is -4.11. The van der Waals surface area contributed by atoms with Crippen molar-refractivity contribution in [3.63, 3.8) is 0 Å². The van der Waals surface area contributed by atoms with Crippen LogP contribution in [0.2, 0.25) is 0 Å². The van der Waals surface area contributed by atoms with Crippen LogP contribution in [0.25, 0.3) is 10.8 Å². The number of phenolic OH excluding ortho intramolecular Hbond substituents is 4. The van der Waals surface area contributed by atoms with Crippen LogP contribution in [0.15, 0.2) is 112 Å². The molecule has 5 rings (SSSR count). The van der Waals surface area contributed by atoms with E-state index >= 15 is 0 Å². The summed E-state index contributed by atoms with van der Waals surface area (Å²) >= 11 is 0. The summed E-state index contributed by atoms with van der Waals surface area (Å²) in [5.41, 5.74) is -5.91. The molecule has 0 heterocycles. The van der Waals surface area contributed by atoms with Crippen LogP contribution in [0, 0.1) is 20.2 Å². The molecule has 0 bridgehead atoms. The van der Waals surface area contributed by atoms with Crippen molar-refractivity contribution in [3.8, 4) is 23.0 Å². The molecule has 0 saturated carbocycles. The van der Waals surface area contributed by atoms with Crippen molar-refractivity contribution in [2.45, 2.75) is 14.7 Å². The molecule has 0 aliphatic rings. The van der Waals surface area contributed by atoms with E-state index < -0.39 is 123 Å². The molecule has 5 aromatic carbocycles. The number of nitro groups is 2. The van der Waals surface area contributed by atoms with E-state index in [0.29, 0.717) is 30.3 Å². The Kier molecular flexibility index (Phi) is 16.9. The Labute approximate surface area is 395 Å². The number of hydrogen-bond donors (Lipinski definition) is 4. The van der Waals surface area contributed by atoms with Crippen molar-refractivity contribution in [1.29, 1.82) is 0 Å². The largest absolute Gasteiger partial charge is 1.00 e. The Morgan fingerprint density at radius 2 is 1.05 bits per heavy atom. The Morgan fingerprint density at radius 3 is 1.59 bits per heavy atom. The first kappa shape index (κ1) is 51.0. The summed E-state index contributed by atoms with van der Waals surface area (Å²) < 4.78 is 108. The first-order valence-electron chi connectivity index (χ1n) is 14.2. The van der Waals surface area contributed by atoms with Gasteiger partial charge in [0.25, 0.3) is 11.4 Å². The van der Waals surface area contributed by atoms with E-state index in [-0.39, 0.29) is 106 Å². The molecule has 25 nitrogen and oxygen atoms in total. The molecule has 59 heavy (non-hydrogen) atoms. The van der Waals surface area contributed by atoms with E-state index in [9.17, 15) is 79.6 Å². The molecular formula is C28H15N8Na3O17S3. The van der Waals surface area contributed by atoms with E-state index in [0.717, 1.165) is 30.3 Å². The predicted molar refractivity (Wildman–Crippen MR) is 180 cm³/mol. The molecule has 31 heteroatoms. The molecule has 0 amide bonds. The Morgan fingerprint density at radius 1 is 0.508 bits per heavy atom. The van der Waals surface area contributed by atoms with Gasteiger partial charge < -0.3 is 34.1 Å². The minimum absolute atomic E-state index is 0. The summed E-state index contributed by atoms with van der Waals surface area (Å²) in [4.78, 5) is 16.5. The molecule has 4 N–H and O–H groups in total. The average Bonchev–Trinajstić information content (AvgIpc) is 3.08. The SMILES string of the molecule is O=[N+]([O-])c1ccc(N=Nc2c(S(=O)(=O)[O-])cc3cc(S(=O)(=O)[O-])cc(N=Nc4cc(O)cc(O)c4N=Nc4cc([N+](=O)[O-])cc(S(=O)(=O)[O-])c4O)c3c2O)cc1.[Na+].[Na+].[Na+]. The van der Waals surface area contributed by atoms with Gasteiger partial charge in [-0.25, -0.2) is 25.3 Å². The molecule has 0 fully saturated rings. The molecule has 0 unspecified atom stereocenters. The predicted octanol–water partition coefficient (Wildman–Crippen LogP) is -3.55. The van der Waals surface area contributed by atoms with Crippen LogP contribution >= 0.6 is 0 Å². The van der Waals surface area contributed by atoms with E-state index in [2.05, 4.69) is 30.7 Å². The fourth-order valence-electron chi connectivity index (χ4n) is 4.63. The molecule has 0 aliphatic carbocycles. The van der Waals surface area contributed by atoms with Crippen molar-refractivity contribution in [3.05, 3.63) is 87.0 Å². The first-order chi connectivity index (χ1) is 25.9. The van der Waals surface area contributed by atoms with Crippen LogP contribution in [0.4, 0.5) is 45.5 Å². The van der Waals surface area contributed by atoms with Crippen LogP contribution in [-0.2, 0) is 30.4 Å². The van der Waals surface area contributed by atoms with Crippen molar-refractivity contribution in [2.75, 3.05) is 0 Å². The normalized spacial score (nSPS) is 12.0. The molecular weight excluding hydrogens is 886 g/mol. The third-order valence-corrected chi connectivity index (χ3v) is 9.60. The number of benzene rings is 5. The quantitative estimate of drug-likeness (QED) is 0.0328. The smallest absolute Gasteiger partial charge is 0.744 e. The van der Waals surface area contributed by atoms with E-state index in [1.165, 1.54) is 0 Å². The summed E-state index contributed by atoms with van der Waals surface area (Å²) in [6.45, 7) is 0. The van der Waals surface area contributed by atoms with Gasteiger partial charge in [0.1, 0.15) is 63.8 Å². The minimum atomic E-state index is -5.57. The summed E-state index contributed by atoms with van der Waals surface area (Å²) in [7, 11) is -16.5. The number of rotatable bonds is 11. The second kappa shape index (κ2) is 19.5. The van der Waals surface area contributed by atoms with Gasteiger partial charge in [0, 0.05) is 36.4 Å². The topological polar surface area (TPSA) is 413 Å². The first-order valence-corrected chi connectivity index (χ1v) is 18.5. The molecule has 0 aliphatic heterocycles. The van der Waals surface area contributed by atoms with Gasteiger partial charge in [-0.3, -0.25) is 20.2 Å². The molecule has 5 aromatic rings. The monoisotopic (exact) mass is 900 g/mol. The number of nitrogens with zero attached hydrogens (tertiary/aromatic N) is 8. The summed E-state index contributed by atoms with van der Waals surface area (Å²) in [6, 6.07) is 7.82. The molecule has 0 aromatic heterocycles. The molecule has 0 atom stereocenters. The van der Waals surface area contributed by atoms with E-state index in [1.54, 1.807) is 0 Å². The van der Waals surface area contributed by atoms with Crippen LogP contribution in [0.1, 0.15) is 0 Å². The van der Waals surface area contributed by atoms with Crippen LogP contribution in [-0.4, -0.2) is 69.2 Å². The molecule has 0 saturated heterocycles. The van der Waals surface area contributed by atoms with E-state index in [4.69, 9.17) is 0 Å². The summed E-state index contributed by atoms with van der Waals surface area (Å²) in [5.74, 6) is -4.34. The van der Waals surface area contributed by atoms with Crippen molar-refractivity contribution >= 4 is 86.6 Å². The molecule has 0 spiro atoms. The fraction of sp³-hybridized carbons (Fsp3) is 0. The van der Waals surface area contributed by atoms with Crippen molar-refractivity contribution in [1.82, 2.24) is 0 Å². The van der Waals surface area contributed by atoms with Gasteiger partial charge in [-0.15, -0.1) is 25.6 Å². The van der Waals surface area contributed by atoms with Crippen molar-refractivity contribution in [2.24, 2.45) is 30.7 Å². The Bertz CT molecular complexity index is 2950. The van der Waals surface area contributed by atoms with Gasteiger partial charge in [-0.2, -0.15) is 5.11 Å². The van der Waals surface area contributed by atoms with Crippen LogP contribution in [0.3, 0.4) is 0 Å². The third-order valence-electron chi connectivity index (χ3n) is 7.08. The maximum atomic E-state index is 12.2. The van der Waals surface area contributed by atoms with Crippen molar-refractivity contribution < 1.29 is 158 Å². The maximum absolute atomic E-state index is 12.2. The van der Waals surface area contributed by atoms with Gasteiger partial charge in [0.05, 0.1) is 36.4 Å². The van der Waals surface area contributed by atoms with Gasteiger partial charge >= 0.3 is 88.7 Å². The number of azo groups is 3. The molecule has 0 radical (unpaired) electrons. The minimum Gasteiger partial charge on any atom is -0.744 e. The maximum Gasteiger partial charge on any atom is 1.00 e. The number of phenols is 4. The standard InChI is InChI=1S/C28H18N8O17S3.3Na/c37-16-9-19(25(21(38)10-16)33-32-20-7-15(36(43)44)8-23(27(20)39)56(51,52)53)31-30-18-11-17(54(45,46)47)5-12-6-22(55(48,49)50)26(28(40)24(12)18)34-29-13-1-3-14(4-2-13)35(41)42;;;/h1-11,37-40H,(H,45,46,47)(H,48,49,50)(H,51,52,53);;;/q;3*+1/p-3.